The summed E-state index contributed by atoms with van der Waals surface area (Å²) < 4.78 is 10.4. The number of hydrogen-bond donors (Lipinski definition) is 0. The van der Waals surface area contributed by atoms with Crippen molar-refractivity contribution in [3.8, 4) is 23.5 Å². The molecule has 2 heterocycles. The maximum atomic E-state index is 11.9. The van der Waals surface area contributed by atoms with Crippen LogP contribution in [0.5, 0.6) is 11.5 Å². The molecule has 4 nitrogen and oxygen atoms in total. The van der Waals surface area contributed by atoms with Crippen molar-refractivity contribution in [2.45, 2.75) is 12.8 Å². The van der Waals surface area contributed by atoms with Crippen LogP contribution in [0.4, 0.5) is 0 Å². The van der Waals surface area contributed by atoms with Crippen molar-refractivity contribution in [1.82, 2.24) is 4.90 Å². The number of likely N-dealkylation sites (tertiary alicyclic amines) is 1. The summed E-state index contributed by atoms with van der Waals surface area (Å²) in [6.07, 6.45) is 2.32. The third-order valence-electron chi connectivity index (χ3n) is 3.07. The summed E-state index contributed by atoms with van der Waals surface area (Å²) in [5, 5.41) is 0. The van der Waals surface area contributed by atoms with Crippen LogP contribution in [0.3, 0.4) is 0 Å². The number of fused-ring (bicyclic) bond motifs is 1. The highest BCUT2D eigenvalue weighted by Gasteiger charge is 2.15. The number of hydrogen-bond acceptors (Lipinski definition) is 4. The Balaban J connectivity index is 1.75. The first kappa shape index (κ1) is 11.0. The lowest BCUT2D eigenvalue weighted by molar-refractivity contribution is 0.105. The number of Topliss-reactive ketones (excluding diaryl/α,β-unsaturated/α-hetero) is 1. The lowest BCUT2D eigenvalue weighted by Crippen LogP contribution is -2.12. The molecular weight excluding hydrogens is 230 g/mol. The van der Waals surface area contributed by atoms with Crippen LogP contribution in [0, 0.1) is 12.0 Å². The normalized spacial score (nSPS) is 16.3. The Kier molecular flexibility index (Phi) is 2.81. The van der Waals surface area contributed by atoms with Gasteiger partial charge in [0.1, 0.15) is 0 Å². The first-order valence-corrected chi connectivity index (χ1v) is 6.03. The van der Waals surface area contributed by atoms with Crippen LogP contribution in [0.1, 0.15) is 23.2 Å². The molecule has 18 heavy (non-hydrogen) atoms. The molecule has 2 aliphatic rings. The highest BCUT2D eigenvalue weighted by molar-refractivity contribution is 6.09. The first-order valence-electron chi connectivity index (χ1n) is 6.03. The SMILES string of the molecule is O=C(C#CN1CCCC1)c1ccc2c(c1)OCO2. The van der Waals surface area contributed by atoms with Gasteiger partial charge < -0.3 is 14.4 Å². The Labute approximate surface area is 105 Å². The average Bonchev–Trinajstić information content (AvgIpc) is 3.05. The summed E-state index contributed by atoms with van der Waals surface area (Å²) in [6, 6.07) is 8.05. The lowest BCUT2D eigenvalue weighted by Gasteiger charge is -2.05. The summed E-state index contributed by atoms with van der Waals surface area (Å²) in [5.41, 5.74) is 0.547. The van der Waals surface area contributed by atoms with Crippen molar-refractivity contribution in [3.05, 3.63) is 23.8 Å². The number of benzene rings is 1. The summed E-state index contributed by atoms with van der Waals surface area (Å²) in [7, 11) is 0. The smallest absolute Gasteiger partial charge is 0.237 e. The minimum atomic E-state index is -0.180. The molecule has 0 spiro atoms. The van der Waals surface area contributed by atoms with Crippen LogP contribution in [-0.4, -0.2) is 30.6 Å². The number of ketones is 1. The third-order valence-corrected chi connectivity index (χ3v) is 3.07. The van der Waals surface area contributed by atoms with E-state index >= 15 is 0 Å². The van der Waals surface area contributed by atoms with Crippen molar-refractivity contribution in [3.63, 3.8) is 0 Å². The molecular formula is C14H13NO3. The van der Waals surface area contributed by atoms with Gasteiger partial charge in [-0.15, -0.1) is 0 Å². The second-order valence-corrected chi connectivity index (χ2v) is 4.33. The van der Waals surface area contributed by atoms with E-state index < -0.39 is 0 Å². The first-order chi connectivity index (χ1) is 8.83. The molecule has 1 fully saturated rings. The minimum absolute atomic E-state index is 0.180. The number of rotatable bonds is 1. The zero-order valence-corrected chi connectivity index (χ0v) is 9.94. The number of carbonyl (C=O) groups excluding carboxylic acids is 1. The molecule has 0 aromatic heterocycles. The van der Waals surface area contributed by atoms with Gasteiger partial charge in [-0.05, 0) is 37.0 Å². The molecule has 0 aliphatic carbocycles. The molecule has 92 valence electrons. The maximum Gasteiger partial charge on any atom is 0.237 e. The maximum absolute atomic E-state index is 11.9. The third kappa shape index (κ3) is 2.12. The zero-order chi connectivity index (χ0) is 12.4. The fourth-order valence-electron chi connectivity index (χ4n) is 2.07. The van der Waals surface area contributed by atoms with E-state index in [1.165, 1.54) is 0 Å². The van der Waals surface area contributed by atoms with Gasteiger partial charge in [-0.3, -0.25) is 4.79 Å². The van der Waals surface area contributed by atoms with Crippen molar-refractivity contribution < 1.29 is 14.3 Å². The van der Waals surface area contributed by atoms with E-state index in [4.69, 9.17) is 9.47 Å². The Morgan fingerprint density at radius 3 is 2.78 bits per heavy atom. The summed E-state index contributed by atoms with van der Waals surface area (Å²) in [5.74, 6) is 3.79. The fraction of sp³-hybridized carbons (Fsp3) is 0.357. The van der Waals surface area contributed by atoms with Gasteiger partial charge in [-0.2, -0.15) is 0 Å². The van der Waals surface area contributed by atoms with E-state index in [1.807, 2.05) is 4.90 Å². The van der Waals surface area contributed by atoms with Gasteiger partial charge in [-0.25, -0.2) is 0 Å². The van der Waals surface area contributed by atoms with Crippen molar-refractivity contribution >= 4 is 5.78 Å². The molecule has 2 aliphatic heterocycles. The van der Waals surface area contributed by atoms with Gasteiger partial charge in [0.25, 0.3) is 0 Å². The van der Waals surface area contributed by atoms with Crippen LogP contribution < -0.4 is 9.47 Å². The summed E-state index contributed by atoms with van der Waals surface area (Å²) >= 11 is 0. The standard InChI is InChI=1S/C14H13NO3/c16-12(5-8-15-6-1-2-7-15)11-3-4-13-14(9-11)18-10-17-13/h3-4,9H,1-2,6-7,10H2. The van der Waals surface area contributed by atoms with Crippen LogP contribution >= 0.6 is 0 Å². The van der Waals surface area contributed by atoms with E-state index in [0.29, 0.717) is 17.1 Å². The van der Waals surface area contributed by atoms with E-state index in [9.17, 15) is 4.79 Å². The Hall–Kier alpha value is -2.15. The van der Waals surface area contributed by atoms with Crippen LogP contribution in [0.25, 0.3) is 0 Å². The molecule has 0 unspecified atom stereocenters. The van der Waals surface area contributed by atoms with Crippen LogP contribution in [0.2, 0.25) is 0 Å². The lowest BCUT2D eigenvalue weighted by atomic mass is 10.1. The summed E-state index contributed by atoms with van der Waals surface area (Å²) in [4.78, 5) is 13.9. The monoisotopic (exact) mass is 243 g/mol. The molecule has 0 amide bonds. The van der Waals surface area contributed by atoms with Gasteiger partial charge in [0.05, 0.1) is 0 Å². The highest BCUT2D eigenvalue weighted by atomic mass is 16.7. The minimum Gasteiger partial charge on any atom is -0.454 e. The molecule has 0 N–H and O–H groups in total. The predicted octanol–water partition coefficient (Wildman–Crippen LogP) is 1.65. The molecule has 1 aromatic carbocycles. The predicted molar refractivity (Wildman–Crippen MR) is 65.5 cm³/mol. The van der Waals surface area contributed by atoms with E-state index in [-0.39, 0.29) is 12.6 Å². The van der Waals surface area contributed by atoms with Crippen molar-refractivity contribution in [2.75, 3.05) is 19.9 Å². The number of nitrogens with zero attached hydrogens (tertiary/aromatic N) is 1. The molecule has 0 bridgehead atoms. The average molecular weight is 243 g/mol. The molecule has 0 saturated carbocycles. The zero-order valence-electron chi connectivity index (χ0n) is 9.94. The second kappa shape index (κ2) is 4.61. The van der Waals surface area contributed by atoms with E-state index in [1.54, 1.807) is 18.2 Å². The van der Waals surface area contributed by atoms with Gasteiger partial charge >= 0.3 is 0 Å². The van der Waals surface area contributed by atoms with Crippen molar-refractivity contribution in [2.24, 2.45) is 0 Å². The highest BCUT2D eigenvalue weighted by Crippen LogP contribution is 2.32. The van der Waals surface area contributed by atoms with E-state index in [0.717, 1.165) is 25.9 Å². The molecule has 4 heteroatoms. The molecule has 1 aromatic rings. The topological polar surface area (TPSA) is 38.8 Å². The summed E-state index contributed by atoms with van der Waals surface area (Å²) in [6.45, 7) is 2.13. The Morgan fingerprint density at radius 2 is 1.94 bits per heavy atom. The number of carbonyl (C=O) groups is 1. The Morgan fingerprint density at radius 1 is 1.17 bits per heavy atom. The van der Waals surface area contributed by atoms with Gasteiger partial charge in [0, 0.05) is 24.7 Å². The largest absolute Gasteiger partial charge is 0.454 e. The van der Waals surface area contributed by atoms with E-state index in [2.05, 4.69) is 12.0 Å². The molecule has 3 rings (SSSR count). The quantitative estimate of drug-likeness (QED) is 0.555. The number of ether oxygens (including phenoxy) is 2. The van der Waals surface area contributed by atoms with Crippen LogP contribution in [0.15, 0.2) is 18.2 Å². The van der Waals surface area contributed by atoms with Gasteiger partial charge in [0.2, 0.25) is 12.6 Å². The van der Waals surface area contributed by atoms with Crippen LogP contribution in [-0.2, 0) is 0 Å². The second-order valence-electron chi connectivity index (χ2n) is 4.33. The molecule has 0 radical (unpaired) electrons. The van der Waals surface area contributed by atoms with Gasteiger partial charge in [-0.1, -0.05) is 0 Å². The fourth-order valence-corrected chi connectivity index (χ4v) is 2.07. The molecule has 1 saturated heterocycles. The van der Waals surface area contributed by atoms with Gasteiger partial charge in [0.15, 0.2) is 11.5 Å². The molecule has 0 atom stereocenters. The van der Waals surface area contributed by atoms with Crippen molar-refractivity contribution in [1.29, 1.82) is 0 Å². The Bertz CT molecular complexity index is 536.